The second-order valence-corrected chi connectivity index (χ2v) is 4.73. The van der Waals surface area contributed by atoms with E-state index in [1.165, 1.54) is 0 Å². The maximum absolute atomic E-state index is 11.4. The van der Waals surface area contributed by atoms with Gasteiger partial charge in [0, 0.05) is 0 Å². The molecule has 0 aliphatic carbocycles. The van der Waals surface area contributed by atoms with Crippen LogP contribution in [0.25, 0.3) is 0 Å². The molecule has 1 aromatic carbocycles. The molecule has 0 saturated heterocycles. The van der Waals surface area contributed by atoms with Gasteiger partial charge in [0.1, 0.15) is 12.1 Å². The molecular formula is C15H23NO4. The Morgan fingerprint density at radius 2 is 1.85 bits per heavy atom. The van der Waals surface area contributed by atoms with Crippen molar-refractivity contribution in [1.29, 1.82) is 0 Å². The molecule has 1 aromatic rings. The van der Waals surface area contributed by atoms with Crippen LogP contribution in [0, 0.1) is 0 Å². The van der Waals surface area contributed by atoms with Crippen molar-refractivity contribution in [1.82, 2.24) is 5.32 Å². The number of hydrogen-bond acceptors (Lipinski definition) is 4. The molecule has 0 aliphatic rings. The molecule has 0 spiro atoms. The van der Waals surface area contributed by atoms with Gasteiger partial charge in [-0.15, -0.1) is 0 Å². The van der Waals surface area contributed by atoms with Crippen molar-refractivity contribution in [3.05, 3.63) is 24.3 Å². The minimum absolute atomic E-state index is 0.0341. The first-order valence-corrected chi connectivity index (χ1v) is 6.86. The lowest BCUT2D eigenvalue weighted by Gasteiger charge is -2.26. The molecule has 1 unspecified atom stereocenters. The number of carboxylic acids is 1. The van der Waals surface area contributed by atoms with E-state index in [2.05, 4.69) is 5.32 Å². The SMILES string of the molecule is CCCNC(C)(COc1ccccc1OCC)C(=O)O. The zero-order chi connectivity index (χ0) is 15.0. The quantitative estimate of drug-likeness (QED) is 0.727. The first kappa shape index (κ1) is 16.3. The highest BCUT2D eigenvalue weighted by Crippen LogP contribution is 2.27. The molecule has 20 heavy (non-hydrogen) atoms. The fourth-order valence-electron chi connectivity index (χ4n) is 1.66. The van der Waals surface area contributed by atoms with Gasteiger partial charge in [0.25, 0.3) is 0 Å². The van der Waals surface area contributed by atoms with Crippen LogP contribution in [0.5, 0.6) is 11.5 Å². The number of carboxylic acid groups (broad SMARTS) is 1. The molecule has 0 fully saturated rings. The Hall–Kier alpha value is -1.75. The van der Waals surface area contributed by atoms with Crippen molar-refractivity contribution in [2.75, 3.05) is 19.8 Å². The largest absolute Gasteiger partial charge is 0.490 e. The number of para-hydroxylation sites is 2. The number of benzene rings is 1. The van der Waals surface area contributed by atoms with Crippen molar-refractivity contribution in [2.24, 2.45) is 0 Å². The lowest BCUT2D eigenvalue weighted by Crippen LogP contribution is -2.54. The third kappa shape index (κ3) is 4.42. The summed E-state index contributed by atoms with van der Waals surface area (Å²) in [5.74, 6) is 0.248. The van der Waals surface area contributed by atoms with E-state index in [1.54, 1.807) is 19.1 Å². The van der Waals surface area contributed by atoms with E-state index < -0.39 is 11.5 Å². The number of nitrogens with one attached hydrogen (secondary N) is 1. The van der Waals surface area contributed by atoms with E-state index in [-0.39, 0.29) is 6.61 Å². The van der Waals surface area contributed by atoms with E-state index in [4.69, 9.17) is 9.47 Å². The Kier molecular flexibility index (Phi) is 6.31. The third-order valence-corrected chi connectivity index (χ3v) is 2.90. The highest BCUT2D eigenvalue weighted by molar-refractivity contribution is 5.78. The summed E-state index contributed by atoms with van der Waals surface area (Å²) in [5.41, 5.74) is -1.12. The molecule has 0 bridgehead atoms. The van der Waals surface area contributed by atoms with Crippen LogP contribution < -0.4 is 14.8 Å². The van der Waals surface area contributed by atoms with E-state index in [0.717, 1.165) is 6.42 Å². The summed E-state index contributed by atoms with van der Waals surface area (Å²) in [6.07, 6.45) is 0.860. The van der Waals surface area contributed by atoms with Crippen molar-refractivity contribution in [3.8, 4) is 11.5 Å². The molecule has 0 saturated carbocycles. The summed E-state index contributed by atoms with van der Waals surface area (Å²) < 4.78 is 11.1. The van der Waals surface area contributed by atoms with Crippen molar-refractivity contribution < 1.29 is 19.4 Å². The van der Waals surface area contributed by atoms with Gasteiger partial charge in [0.15, 0.2) is 11.5 Å². The molecule has 0 heterocycles. The Morgan fingerprint density at radius 1 is 1.25 bits per heavy atom. The summed E-state index contributed by atoms with van der Waals surface area (Å²) in [5, 5.41) is 12.3. The van der Waals surface area contributed by atoms with E-state index >= 15 is 0 Å². The van der Waals surface area contributed by atoms with Crippen LogP contribution in [0.2, 0.25) is 0 Å². The maximum atomic E-state index is 11.4. The van der Waals surface area contributed by atoms with E-state index in [1.807, 2.05) is 26.0 Å². The van der Waals surface area contributed by atoms with Gasteiger partial charge < -0.3 is 14.6 Å². The molecule has 5 heteroatoms. The van der Waals surface area contributed by atoms with Crippen LogP contribution in [0.3, 0.4) is 0 Å². The van der Waals surface area contributed by atoms with Gasteiger partial charge >= 0.3 is 5.97 Å². The van der Waals surface area contributed by atoms with Gasteiger partial charge in [0.05, 0.1) is 6.61 Å². The number of ether oxygens (including phenoxy) is 2. The van der Waals surface area contributed by atoms with Gasteiger partial charge in [-0.1, -0.05) is 19.1 Å². The molecule has 0 aromatic heterocycles. The zero-order valence-electron chi connectivity index (χ0n) is 12.3. The fraction of sp³-hybridized carbons (Fsp3) is 0.533. The Balaban J connectivity index is 2.74. The standard InChI is InChI=1S/C15H23NO4/c1-4-10-16-15(3,14(17)18)11-20-13-9-7-6-8-12(13)19-5-2/h6-9,16H,4-5,10-11H2,1-3H3,(H,17,18). The average molecular weight is 281 g/mol. The summed E-state index contributed by atoms with van der Waals surface area (Å²) in [7, 11) is 0. The fourth-order valence-corrected chi connectivity index (χ4v) is 1.66. The van der Waals surface area contributed by atoms with Crippen molar-refractivity contribution in [3.63, 3.8) is 0 Å². The average Bonchev–Trinajstić information content (AvgIpc) is 2.44. The third-order valence-electron chi connectivity index (χ3n) is 2.90. The van der Waals surface area contributed by atoms with Crippen LogP contribution >= 0.6 is 0 Å². The number of aliphatic carboxylic acids is 1. The van der Waals surface area contributed by atoms with Gasteiger partial charge in [-0.2, -0.15) is 0 Å². The molecule has 0 aliphatic heterocycles. The minimum Gasteiger partial charge on any atom is -0.490 e. The Bertz CT molecular complexity index is 436. The highest BCUT2D eigenvalue weighted by atomic mass is 16.5. The van der Waals surface area contributed by atoms with Crippen LogP contribution in [0.15, 0.2) is 24.3 Å². The van der Waals surface area contributed by atoms with Crippen LogP contribution in [-0.4, -0.2) is 36.4 Å². The predicted molar refractivity (Wildman–Crippen MR) is 77.4 cm³/mol. The lowest BCUT2D eigenvalue weighted by atomic mass is 10.0. The van der Waals surface area contributed by atoms with Gasteiger partial charge in [0.2, 0.25) is 0 Å². The molecule has 1 rings (SSSR count). The first-order chi connectivity index (χ1) is 9.53. The van der Waals surface area contributed by atoms with Gasteiger partial charge in [-0.3, -0.25) is 10.1 Å². The maximum Gasteiger partial charge on any atom is 0.327 e. The predicted octanol–water partition coefficient (Wildman–Crippen LogP) is 2.31. The molecule has 0 amide bonds. The lowest BCUT2D eigenvalue weighted by molar-refractivity contribution is -0.145. The van der Waals surface area contributed by atoms with Crippen molar-refractivity contribution >= 4 is 5.97 Å². The molecule has 2 N–H and O–H groups in total. The van der Waals surface area contributed by atoms with Gasteiger partial charge in [-0.25, -0.2) is 0 Å². The monoisotopic (exact) mass is 281 g/mol. The smallest absolute Gasteiger partial charge is 0.327 e. The molecular weight excluding hydrogens is 258 g/mol. The first-order valence-electron chi connectivity index (χ1n) is 6.86. The topological polar surface area (TPSA) is 67.8 Å². The zero-order valence-corrected chi connectivity index (χ0v) is 12.3. The summed E-state index contributed by atoms with van der Waals surface area (Å²) in [6, 6.07) is 7.25. The number of rotatable bonds is 9. The molecule has 1 atom stereocenters. The summed E-state index contributed by atoms with van der Waals surface area (Å²) >= 11 is 0. The molecule has 112 valence electrons. The second-order valence-electron chi connectivity index (χ2n) is 4.73. The van der Waals surface area contributed by atoms with Crippen molar-refractivity contribution in [2.45, 2.75) is 32.7 Å². The van der Waals surface area contributed by atoms with Crippen LogP contribution in [0.1, 0.15) is 27.2 Å². The van der Waals surface area contributed by atoms with Gasteiger partial charge in [-0.05, 0) is 38.9 Å². The van der Waals surface area contributed by atoms with E-state index in [9.17, 15) is 9.90 Å². The second kappa shape index (κ2) is 7.75. The Morgan fingerprint density at radius 3 is 2.35 bits per heavy atom. The van der Waals surface area contributed by atoms with E-state index in [0.29, 0.717) is 24.7 Å². The van der Waals surface area contributed by atoms with Crippen LogP contribution in [0.4, 0.5) is 0 Å². The minimum atomic E-state index is -1.12. The summed E-state index contributed by atoms with van der Waals surface area (Å²) in [4.78, 5) is 11.4. The number of hydrogen-bond donors (Lipinski definition) is 2. The number of carbonyl (C=O) groups is 1. The molecule has 5 nitrogen and oxygen atoms in total. The molecule has 0 radical (unpaired) electrons. The normalized spacial score (nSPS) is 13.6. The van der Waals surface area contributed by atoms with Crippen LogP contribution in [-0.2, 0) is 4.79 Å². The Labute approximate surface area is 119 Å². The summed E-state index contributed by atoms with van der Waals surface area (Å²) in [6.45, 7) is 6.69. The highest BCUT2D eigenvalue weighted by Gasteiger charge is 2.33.